The fourth-order valence-corrected chi connectivity index (χ4v) is 5.41. The largest absolute Gasteiger partial charge is 0.492 e. The highest BCUT2D eigenvalue weighted by atomic mass is 32.2. The van der Waals surface area contributed by atoms with Crippen molar-refractivity contribution in [1.82, 2.24) is 9.62 Å². The van der Waals surface area contributed by atoms with Gasteiger partial charge in [-0.1, -0.05) is 12.1 Å². The zero-order valence-corrected chi connectivity index (χ0v) is 17.6. The minimum absolute atomic E-state index is 0.0309. The number of benzene rings is 1. The number of sulfonamides is 1. The van der Waals surface area contributed by atoms with Crippen LogP contribution in [0, 0.1) is 5.41 Å². The van der Waals surface area contributed by atoms with Gasteiger partial charge in [-0.3, -0.25) is 4.90 Å². The first-order chi connectivity index (χ1) is 14.4. The third kappa shape index (κ3) is 6.30. The monoisotopic (exact) mass is 468 g/mol. The molecule has 1 fully saturated rings. The minimum Gasteiger partial charge on any atom is -0.492 e. The molecule has 2 aliphatic rings. The second kappa shape index (κ2) is 9.20. The lowest BCUT2D eigenvalue weighted by Crippen LogP contribution is -2.47. The maximum Gasteiger partial charge on any atom is 0.390 e. The van der Waals surface area contributed by atoms with Gasteiger partial charge < -0.3 is 20.1 Å². The molecule has 0 aromatic heterocycles. The Morgan fingerprint density at radius 1 is 1.16 bits per heavy atom. The van der Waals surface area contributed by atoms with Crippen LogP contribution in [0.3, 0.4) is 0 Å². The zero-order valence-electron chi connectivity index (χ0n) is 16.8. The van der Waals surface area contributed by atoms with Crippen molar-refractivity contribution in [2.45, 2.75) is 48.6 Å². The van der Waals surface area contributed by atoms with E-state index in [2.05, 4.69) is 4.72 Å². The molecule has 176 valence electrons. The fraction of sp³-hybridized carbons (Fsp3) is 0.684. The van der Waals surface area contributed by atoms with Gasteiger partial charge >= 0.3 is 6.18 Å². The van der Waals surface area contributed by atoms with Crippen LogP contribution in [0.25, 0.3) is 0 Å². The Balaban J connectivity index is 1.94. The van der Waals surface area contributed by atoms with Crippen molar-refractivity contribution in [3.8, 4) is 5.75 Å². The fourth-order valence-electron chi connectivity index (χ4n) is 4.20. The molecule has 0 amide bonds. The molecule has 4 N–H and O–H groups in total. The summed E-state index contributed by atoms with van der Waals surface area (Å²) in [5, 5.41) is 30.6. The van der Waals surface area contributed by atoms with Crippen molar-refractivity contribution < 1.29 is 41.6 Å². The van der Waals surface area contributed by atoms with Gasteiger partial charge in [-0.05, 0) is 25.0 Å². The molecule has 12 heteroatoms. The molecule has 1 aliphatic carbocycles. The molecule has 3 rings (SSSR count). The minimum atomic E-state index is -4.41. The maximum atomic E-state index is 12.8. The van der Waals surface area contributed by atoms with E-state index in [4.69, 9.17) is 4.74 Å². The number of aliphatic hydroxyl groups excluding tert-OH is 3. The number of nitrogens with zero attached hydrogens (tertiary/aromatic N) is 1. The molecule has 1 aliphatic heterocycles. The lowest BCUT2D eigenvalue weighted by Gasteiger charge is -2.37. The number of β-amino-alcohol motifs (C(OH)–C–C–N with tert-alkyl or cyclic N) is 1. The summed E-state index contributed by atoms with van der Waals surface area (Å²) in [4.78, 5) is 1.25. The summed E-state index contributed by atoms with van der Waals surface area (Å²) >= 11 is 0. The number of ether oxygens (including phenoxy) is 1. The number of aliphatic hydroxyl groups is 3. The Kier molecular flexibility index (Phi) is 7.18. The second-order valence-corrected chi connectivity index (χ2v) is 10.1. The molecule has 1 aromatic carbocycles. The van der Waals surface area contributed by atoms with E-state index in [-0.39, 0.29) is 43.2 Å². The summed E-state index contributed by atoms with van der Waals surface area (Å²) in [6.45, 7) is -1.11. The first-order valence-electron chi connectivity index (χ1n) is 9.94. The van der Waals surface area contributed by atoms with E-state index in [1.54, 1.807) is 6.07 Å². The second-order valence-electron chi connectivity index (χ2n) is 8.38. The number of para-hydroxylation sites is 1. The van der Waals surface area contributed by atoms with Crippen LogP contribution in [0.1, 0.15) is 19.3 Å². The van der Waals surface area contributed by atoms with Gasteiger partial charge in [0, 0.05) is 31.6 Å². The molecule has 4 atom stereocenters. The zero-order chi connectivity index (χ0) is 22.9. The first kappa shape index (κ1) is 24.2. The normalized spacial score (nSPS) is 32.6. The number of nitrogens with one attached hydrogen (secondary N) is 1. The SMILES string of the molecule is O=S1(=O)NC[C@H](O)CN(CCC(F)(F)F)CC2(COc3ccccc31)C[C@@H](O)[C@@H](O)C2. The van der Waals surface area contributed by atoms with Gasteiger partial charge in [0.05, 0.1) is 31.3 Å². The van der Waals surface area contributed by atoms with Crippen LogP contribution in [0.2, 0.25) is 0 Å². The number of rotatable bonds is 2. The molecule has 31 heavy (non-hydrogen) atoms. The highest BCUT2D eigenvalue weighted by Gasteiger charge is 2.46. The first-order valence-corrected chi connectivity index (χ1v) is 11.4. The van der Waals surface area contributed by atoms with E-state index in [0.29, 0.717) is 0 Å². The van der Waals surface area contributed by atoms with E-state index in [9.17, 15) is 36.9 Å². The van der Waals surface area contributed by atoms with Crippen molar-refractivity contribution >= 4 is 10.0 Å². The summed E-state index contributed by atoms with van der Waals surface area (Å²) in [5.74, 6) is 0.0437. The Bertz CT molecular complexity index is 856. The molecule has 1 unspecified atom stereocenters. The van der Waals surface area contributed by atoms with Crippen LogP contribution >= 0.6 is 0 Å². The Hall–Kier alpha value is -1.44. The van der Waals surface area contributed by atoms with Crippen LogP contribution in [-0.4, -0.2) is 85.9 Å². The van der Waals surface area contributed by atoms with Gasteiger partial charge in [-0.25, -0.2) is 13.1 Å². The molecular formula is C19H27F3N2O6S. The third-order valence-corrected chi connectivity index (χ3v) is 7.11. The molecule has 0 radical (unpaired) electrons. The molecular weight excluding hydrogens is 441 g/mol. The van der Waals surface area contributed by atoms with Gasteiger partial charge in [-0.15, -0.1) is 0 Å². The van der Waals surface area contributed by atoms with Crippen molar-refractivity contribution in [2.75, 3.05) is 32.8 Å². The van der Waals surface area contributed by atoms with E-state index < -0.39 is 59.4 Å². The number of fused-ring (bicyclic) bond motifs is 1. The maximum absolute atomic E-state index is 12.8. The number of hydrogen-bond acceptors (Lipinski definition) is 7. The molecule has 1 aromatic rings. The van der Waals surface area contributed by atoms with Crippen LogP contribution in [0.4, 0.5) is 13.2 Å². The molecule has 1 heterocycles. The predicted molar refractivity (Wildman–Crippen MR) is 104 cm³/mol. The lowest BCUT2D eigenvalue weighted by molar-refractivity contribution is -0.139. The Morgan fingerprint density at radius 2 is 1.81 bits per heavy atom. The molecule has 0 bridgehead atoms. The number of hydrogen-bond donors (Lipinski definition) is 4. The van der Waals surface area contributed by atoms with Crippen LogP contribution in [0.15, 0.2) is 29.2 Å². The van der Waals surface area contributed by atoms with Crippen LogP contribution in [-0.2, 0) is 10.0 Å². The molecule has 8 nitrogen and oxygen atoms in total. The summed E-state index contributed by atoms with van der Waals surface area (Å²) in [7, 11) is -4.04. The molecule has 0 saturated heterocycles. The third-order valence-electron chi connectivity index (χ3n) is 5.65. The smallest absolute Gasteiger partial charge is 0.390 e. The summed E-state index contributed by atoms with van der Waals surface area (Å²) < 4.78 is 71.9. The van der Waals surface area contributed by atoms with Gasteiger partial charge in [0.25, 0.3) is 0 Å². The lowest BCUT2D eigenvalue weighted by atomic mass is 9.85. The van der Waals surface area contributed by atoms with E-state index >= 15 is 0 Å². The quantitative estimate of drug-likeness (QED) is 0.498. The standard InChI is InChI=1S/C19H27F3N2O6S/c20-19(21,22)5-6-24-10-13(25)9-23-31(28,29)17-4-2-1-3-16(17)30-12-18(11-24)7-14(26)15(27)8-18/h1-4,13-15,23,25-27H,5-12H2/t13-,14-,15+,18?/m0/s1. The van der Waals surface area contributed by atoms with Gasteiger partial charge in [0.15, 0.2) is 0 Å². The Labute approximate surface area is 178 Å². The van der Waals surface area contributed by atoms with E-state index in [1.165, 1.54) is 23.1 Å². The van der Waals surface area contributed by atoms with Gasteiger partial charge in [0.1, 0.15) is 10.6 Å². The van der Waals surface area contributed by atoms with Crippen molar-refractivity contribution in [3.63, 3.8) is 0 Å². The van der Waals surface area contributed by atoms with E-state index in [0.717, 1.165) is 0 Å². The van der Waals surface area contributed by atoms with Gasteiger partial charge in [0.2, 0.25) is 10.0 Å². The number of alkyl halides is 3. The highest BCUT2D eigenvalue weighted by molar-refractivity contribution is 7.89. The van der Waals surface area contributed by atoms with Crippen molar-refractivity contribution in [1.29, 1.82) is 0 Å². The number of halogens is 3. The summed E-state index contributed by atoms with van der Waals surface area (Å²) in [6.07, 6.45) is -8.80. The topological polar surface area (TPSA) is 119 Å². The molecule has 1 spiro atoms. The molecule has 1 saturated carbocycles. The summed E-state index contributed by atoms with van der Waals surface area (Å²) in [5.41, 5.74) is -0.923. The van der Waals surface area contributed by atoms with E-state index in [1.807, 2.05) is 0 Å². The van der Waals surface area contributed by atoms with Gasteiger partial charge in [-0.2, -0.15) is 13.2 Å². The Morgan fingerprint density at radius 3 is 2.45 bits per heavy atom. The average molecular weight is 468 g/mol. The summed E-state index contributed by atoms with van der Waals surface area (Å²) in [6, 6.07) is 5.89. The highest BCUT2D eigenvalue weighted by Crippen LogP contribution is 2.41. The van der Waals surface area contributed by atoms with Crippen LogP contribution in [0.5, 0.6) is 5.75 Å². The van der Waals surface area contributed by atoms with Crippen molar-refractivity contribution in [2.24, 2.45) is 5.41 Å². The predicted octanol–water partition coefficient (Wildman–Crippen LogP) is 0.475. The van der Waals surface area contributed by atoms with Crippen LogP contribution < -0.4 is 9.46 Å². The van der Waals surface area contributed by atoms with Crippen molar-refractivity contribution in [3.05, 3.63) is 24.3 Å². The average Bonchev–Trinajstić information content (AvgIpc) is 2.96.